The van der Waals surface area contributed by atoms with Gasteiger partial charge >= 0.3 is 0 Å². The van der Waals surface area contributed by atoms with Crippen LogP contribution in [0.5, 0.6) is 0 Å². The van der Waals surface area contributed by atoms with Crippen LogP contribution in [-0.4, -0.2) is 47.3 Å². The summed E-state index contributed by atoms with van der Waals surface area (Å²) >= 11 is 0. The van der Waals surface area contributed by atoms with Gasteiger partial charge in [0.15, 0.2) is 0 Å². The summed E-state index contributed by atoms with van der Waals surface area (Å²) in [5.74, 6) is 0.0538. The molecule has 1 amide bonds. The number of aliphatic hydroxyl groups excluding tert-OH is 1. The molecule has 0 atom stereocenters. The van der Waals surface area contributed by atoms with Gasteiger partial charge in [0.1, 0.15) is 6.61 Å². The zero-order valence-corrected chi connectivity index (χ0v) is 11.2. The molecule has 0 aromatic heterocycles. The van der Waals surface area contributed by atoms with Crippen molar-refractivity contribution < 1.29 is 14.6 Å². The Bertz CT molecular complexity index is 244. The van der Waals surface area contributed by atoms with Gasteiger partial charge in [0, 0.05) is 19.2 Å². The van der Waals surface area contributed by atoms with E-state index in [1.807, 2.05) is 25.7 Å². The number of carbonyl (C=O) groups is 1. The third-order valence-corrected chi connectivity index (χ3v) is 3.02. The Hall–Kier alpha value is -0.610. The molecule has 0 aliphatic heterocycles. The van der Waals surface area contributed by atoms with E-state index in [2.05, 4.69) is 0 Å². The van der Waals surface area contributed by atoms with Gasteiger partial charge in [-0.25, -0.2) is 0 Å². The molecule has 0 bridgehead atoms. The Morgan fingerprint density at radius 3 is 2.47 bits per heavy atom. The van der Waals surface area contributed by atoms with Gasteiger partial charge in [0.2, 0.25) is 5.91 Å². The van der Waals surface area contributed by atoms with E-state index in [0.29, 0.717) is 19.0 Å². The van der Waals surface area contributed by atoms with Crippen molar-refractivity contribution in [1.29, 1.82) is 0 Å². The first-order valence-corrected chi connectivity index (χ1v) is 6.48. The summed E-state index contributed by atoms with van der Waals surface area (Å²) in [5, 5.41) is 8.86. The first-order valence-electron chi connectivity index (χ1n) is 6.48. The van der Waals surface area contributed by atoms with Gasteiger partial charge in [-0.05, 0) is 46.5 Å². The monoisotopic (exact) mass is 243 g/mol. The molecule has 1 aliphatic rings. The fourth-order valence-corrected chi connectivity index (χ4v) is 1.81. The van der Waals surface area contributed by atoms with Gasteiger partial charge in [-0.2, -0.15) is 0 Å². The normalized spacial score (nSPS) is 16.7. The maximum absolute atomic E-state index is 12.0. The summed E-state index contributed by atoms with van der Waals surface area (Å²) in [6, 6.07) is 0.373. The Labute approximate surface area is 104 Å². The van der Waals surface area contributed by atoms with E-state index in [0.717, 1.165) is 12.8 Å². The van der Waals surface area contributed by atoms with E-state index < -0.39 is 0 Å². The van der Waals surface area contributed by atoms with Crippen molar-refractivity contribution in [3.05, 3.63) is 0 Å². The van der Waals surface area contributed by atoms with Gasteiger partial charge in [-0.15, -0.1) is 0 Å². The molecule has 0 saturated heterocycles. The Morgan fingerprint density at radius 1 is 1.41 bits per heavy atom. The molecule has 1 rings (SSSR count). The van der Waals surface area contributed by atoms with Crippen molar-refractivity contribution in [2.45, 2.75) is 58.1 Å². The molecule has 0 aromatic rings. The third kappa shape index (κ3) is 5.04. The summed E-state index contributed by atoms with van der Waals surface area (Å²) < 4.78 is 5.52. The minimum Gasteiger partial charge on any atom is -0.396 e. The molecule has 0 aromatic carbocycles. The summed E-state index contributed by atoms with van der Waals surface area (Å²) in [7, 11) is 0. The van der Waals surface area contributed by atoms with Crippen molar-refractivity contribution in [3.63, 3.8) is 0 Å². The van der Waals surface area contributed by atoms with E-state index >= 15 is 0 Å². The molecule has 0 heterocycles. The molecule has 0 unspecified atom stereocenters. The summed E-state index contributed by atoms with van der Waals surface area (Å²) in [4.78, 5) is 13.9. The maximum atomic E-state index is 12.0. The van der Waals surface area contributed by atoms with Crippen LogP contribution in [0.25, 0.3) is 0 Å². The van der Waals surface area contributed by atoms with Crippen LogP contribution < -0.4 is 0 Å². The first kappa shape index (κ1) is 14.5. The van der Waals surface area contributed by atoms with Crippen LogP contribution in [-0.2, 0) is 9.53 Å². The van der Waals surface area contributed by atoms with Crippen LogP contribution in [0.2, 0.25) is 0 Å². The molecular formula is C13H25NO3. The first-order chi connectivity index (χ1) is 7.94. The van der Waals surface area contributed by atoms with Crippen LogP contribution in [0.3, 0.4) is 0 Å². The van der Waals surface area contributed by atoms with Gasteiger partial charge in [-0.3, -0.25) is 4.79 Å². The highest BCUT2D eigenvalue weighted by Crippen LogP contribution is 2.25. The lowest BCUT2D eigenvalue weighted by Gasteiger charge is -2.38. The lowest BCUT2D eigenvalue weighted by atomic mass is 9.91. The maximum Gasteiger partial charge on any atom is 0.248 e. The predicted octanol–water partition coefficient (Wildman–Crippen LogP) is 1.56. The zero-order valence-electron chi connectivity index (χ0n) is 11.2. The van der Waals surface area contributed by atoms with Crippen LogP contribution in [0.4, 0.5) is 0 Å². The van der Waals surface area contributed by atoms with Crippen LogP contribution >= 0.6 is 0 Å². The summed E-state index contributed by atoms with van der Waals surface area (Å²) in [6.45, 7) is 6.76. The highest BCUT2D eigenvalue weighted by molar-refractivity contribution is 5.78. The third-order valence-electron chi connectivity index (χ3n) is 3.02. The van der Waals surface area contributed by atoms with Crippen molar-refractivity contribution in [3.8, 4) is 0 Å². The van der Waals surface area contributed by atoms with Crippen molar-refractivity contribution in [1.82, 2.24) is 4.90 Å². The molecule has 4 nitrogen and oxygen atoms in total. The smallest absolute Gasteiger partial charge is 0.248 e. The number of ether oxygens (including phenoxy) is 1. The predicted molar refractivity (Wildman–Crippen MR) is 66.8 cm³/mol. The van der Waals surface area contributed by atoms with Gasteiger partial charge < -0.3 is 14.7 Å². The van der Waals surface area contributed by atoms with Crippen molar-refractivity contribution in [2.24, 2.45) is 0 Å². The second-order valence-corrected chi connectivity index (χ2v) is 5.65. The highest BCUT2D eigenvalue weighted by Gasteiger charge is 2.28. The van der Waals surface area contributed by atoms with Crippen molar-refractivity contribution >= 4 is 5.91 Å². The number of carbonyl (C=O) groups excluding carboxylic acids is 1. The van der Waals surface area contributed by atoms with Crippen LogP contribution in [0, 0.1) is 0 Å². The minimum atomic E-state index is -0.280. The molecule has 1 saturated carbocycles. The number of nitrogens with zero attached hydrogens (tertiary/aromatic N) is 1. The van der Waals surface area contributed by atoms with Gasteiger partial charge in [0.25, 0.3) is 0 Å². The van der Waals surface area contributed by atoms with E-state index in [1.165, 1.54) is 6.42 Å². The lowest BCUT2D eigenvalue weighted by Crippen LogP contribution is -2.47. The molecule has 1 N–H and O–H groups in total. The molecule has 1 aliphatic carbocycles. The Morgan fingerprint density at radius 2 is 2.06 bits per heavy atom. The fourth-order valence-electron chi connectivity index (χ4n) is 1.81. The van der Waals surface area contributed by atoms with E-state index in [9.17, 15) is 4.79 Å². The average molecular weight is 243 g/mol. The fraction of sp³-hybridized carbons (Fsp3) is 0.923. The Kier molecular flexibility index (Phi) is 5.40. The minimum absolute atomic E-state index is 0.0538. The molecule has 17 heavy (non-hydrogen) atoms. The summed E-state index contributed by atoms with van der Waals surface area (Å²) in [6.07, 6.45) is 4.03. The van der Waals surface area contributed by atoms with E-state index in [1.54, 1.807) is 0 Å². The second kappa shape index (κ2) is 6.36. The van der Waals surface area contributed by atoms with Crippen LogP contribution in [0.15, 0.2) is 0 Å². The molecule has 0 spiro atoms. The second-order valence-electron chi connectivity index (χ2n) is 5.65. The van der Waals surface area contributed by atoms with Crippen LogP contribution in [0.1, 0.15) is 46.5 Å². The zero-order chi connectivity index (χ0) is 12.9. The van der Waals surface area contributed by atoms with Crippen molar-refractivity contribution in [2.75, 3.05) is 19.8 Å². The Balaban J connectivity index is 2.41. The molecule has 4 heteroatoms. The largest absolute Gasteiger partial charge is 0.396 e. The standard InChI is InChI=1S/C13H25NO3/c1-13(2,3)17-10-12(16)14(8-5-9-15)11-6-4-7-11/h11,15H,4-10H2,1-3H3. The molecule has 0 radical (unpaired) electrons. The molecular weight excluding hydrogens is 218 g/mol. The highest BCUT2D eigenvalue weighted by atomic mass is 16.5. The quantitative estimate of drug-likeness (QED) is 0.770. The molecule has 1 fully saturated rings. The number of hydrogen-bond acceptors (Lipinski definition) is 3. The number of aliphatic hydroxyl groups is 1. The van der Waals surface area contributed by atoms with Gasteiger partial charge in [0.05, 0.1) is 5.60 Å². The van der Waals surface area contributed by atoms with E-state index in [4.69, 9.17) is 9.84 Å². The van der Waals surface area contributed by atoms with Gasteiger partial charge in [-0.1, -0.05) is 0 Å². The molecule has 100 valence electrons. The topological polar surface area (TPSA) is 49.8 Å². The summed E-state index contributed by atoms with van der Waals surface area (Å²) in [5.41, 5.74) is -0.280. The average Bonchev–Trinajstić information content (AvgIpc) is 2.16. The van der Waals surface area contributed by atoms with E-state index in [-0.39, 0.29) is 24.7 Å². The number of rotatable bonds is 6. The number of amides is 1. The lowest BCUT2D eigenvalue weighted by molar-refractivity contribution is -0.145. The number of hydrogen-bond donors (Lipinski definition) is 1. The SMILES string of the molecule is CC(C)(C)OCC(=O)N(CCCO)C1CCC1.